The van der Waals surface area contributed by atoms with E-state index in [9.17, 15) is 9.59 Å². The largest absolute Gasteiger partial charge is 0.335 e. The SMILES string of the molecule is Cc1cc(=O)n(-c2nnc3n2N=C(c2ccccc2)C(C)S3)c(=O)[nH]1. The molecule has 1 aliphatic heterocycles. The van der Waals surface area contributed by atoms with Gasteiger partial charge in [-0.15, -0.1) is 10.2 Å². The number of nitrogens with one attached hydrogen (secondary N) is 1. The standard InChI is InChI=1S/C16H14N6O2S/c1-9-8-12(23)21(15(24)17-9)14-18-19-16-22(14)20-13(10(2)25-16)11-6-4-3-5-7-11/h3-8,10H,1-2H3,(H,17,24). The van der Waals surface area contributed by atoms with Crippen LogP contribution in [0.5, 0.6) is 0 Å². The summed E-state index contributed by atoms with van der Waals surface area (Å²) in [6.45, 7) is 3.68. The van der Waals surface area contributed by atoms with Gasteiger partial charge < -0.3 is 4.98 Å². The third-order valence-electron chi connectivity index (χ3n) is 3.81. The molecule has 0 saturated heterocycles. The van der Waals surface area contributed by atoms with Gasteiger partial charge >= 0.3 is 5.69 Å². The molecule has 1 N–H and O–H groups in total. The summed E-state index contributed by atoms with van der Waals surface area (Å²) in [4.78, 5) is 27.1. The number of hydrogen-bond acceptors (Lipinski definition) is 6. The van der Waals surface area contributed by atoms with E-state index in [1.54, 1.807) is 6.92 Å². The second-order valence-electron chi connectivity index (χ2n) is 5.64. The fourth-order valence-corrected chi connectivity index (χ4v) is 3.58. The Labute approximate surface area is 146 Å². The first-order chi connectivity index (χ1) is 12.0. The maximum Gasteiger partial charge on any atom is 0.335 e. The third-order valence-corrected chi connectivity index (χ3v) is 4.85. The number of fused-ring (bicyclic) bond motifs is 1. The van der Waals surface area contributed by atoms with Gasteiger partial charge in [0, 0.05) is 11.8 Å². The summed E-state index contributed by atoms with van der Waals surface area (Å²) < 4.78 is 2.38. The van der Waals surface area contributed by atoms with Gasteiger partial charge in [0.1, 0.15) is 0 Å². The monoisotopic (exact) mass is 354 g/mol. The van der Waals surface area contributed by atoms with Crippen molar-refractivity contribution in [1.29, 1.82) is 0 Å². The molecule has 3 aromatic rings. The molecule has 4 rings (SSSR count). The van der Waals surface area contributed by atoms with Crippen LogP contribution in [0.3, 0.4) is 0 Å². The van der Waals surface area contributed by atoms with E-state index >= 15 is 0 Å². The van der Waals surface area contributed by atoms with Crippen LogP contribution in [0.4, 0.5) is 0 Å². The van der Waals surface area contributed by atoms with Crippen molar-refractivity contribution in [3.8, 4) is 5.95 Å². The number of thioether (sulfide) groups is 1. The molecule has 1 aromatic carbocycles. The predicted octanol–water partition coefficient (Wildman–Crippen LogP) is 1.17. The minimum absolute atomic E-state index is 0.0694. The Hall–Kier alpha value is -2.94. The molecule has 0 aliphatic carbocycles. The van der Waals surface area contributed by atoms with Crippen molar-refractivity contribution >= 4 is 17.5 Å². The number of rotatable bonds is 2. The molecule has 1 atom stereocenters. The Balaban J connectivity index is 1.92. The topological polar surface area (TPSA) is 97.9 Å². The first-order valence-corrected chi connectivity index (χ1v) is 8.52. The lowest BCUT2D eigenvalue weighted by atomic mass is 10.1. The minimum atomic E-state index is -0.569. The average Bonchev–Trinajstić information content (AvgIpc) is 2.96. The van der Waals surface area contributed by atoms with E-state index in [1.807, 2.05) is 37.3 Å². The van der Waals surface area contributed by atoms with E-state index in [4.69, 9.17) is 0 Å². The molecule has 0 amide bonds. The average molecular weight is 354 g/mol. The Morgan fingerprint density at radius 2 is 1.92 bits per heavy atom. The molecule has 9 heteroatoms. The number of aromatic nitrogens is 5. The molecule has 0 fully saturated rings. The van der Waals surface area contributed by atoms with Gasteiger partial charge in [0.15, 0.2) is 0 Å². The lowest BCUT2D eigenvalue weighted by Gasteiger charge is -2.19. The maximum absolute atomic E-state index is 12.3. The summed E-state index contributed by atoms with van der Waals surface area (Å²) in [5.74, 6) is 0.0779. The highest BCUT2D eigenvalue weighted by Crippen LogP contribution is 2.30. The number of hydrogen-bond donors (Lipinski definition) is 1. The number of H-pyrrole nitrogens is 1. The van der Waals surface area contributed by atoms with Gasteiger partial charge in [-0.1, -0.05) is 42.1 Å². The molecule has 0 saturated carbocycles. The summed E-state index contributed by atoms with van der Waals surface area (Å²) in [7, 11) is 0. The van der Waals surface area contributed by atoms with Crippen molar-refractivity contribution in [3.05, 3.63) is 68.5 Å². The van der Waals surface area contributed by atoms with Crippen LogP contribution < -0.4 is 11.2 Å². The quantitative estimate of drug-likeness (QED) is 0.745. The molecular formula is C16H14N6O2S. The zero-order valence-electron chi connectivity index (χ0n) is 13.5. The molecule has 0 spiro atoms. The van der Waals surface area contributed by atoms with Crippen LogP contribution in [0.1, 0.15) is 18.2 Å². The third kappa shape index (κ3) is 2.62. The molecule has 8 nitrogen and oxygen atoms in total. The highest BCUT2D eigenvalue weighted by molar-refractivity contribution is 8.00. The highest BCUT2D eigenvalue weighted by atomic mass is 32.2. The molecule has 3 heterocycles. The van der Waals surface area contributed by atoms with Crippen molar-refractivity contribution < 1.29 is 0 Å². The summed E-state index contributed by atoms with van der Waals surface area (Å²) in [5.41, 5.74) is 1.24. The number of benzene rings is 1. The lowest BCUT2D eigenvalue weighted by molar-refractivity contribution is 0.693. The molecule has 0 radical (unpaired) electrons. The summed E-state index contributed by atoms with van der Waals surface area (Å²) >= 11 is 1.48. The Bertz CT molecular complexity index is 1060. The zero-order valence-corrected chi connectivity index (χ0v) is 14.3. The summed E-state index contributed by atoms with van der Waals surface area (Å²) in [5, 5.41) is 13.3. The molecular weight excluding hydrogens is 340 g/mol. The van der Waals surface area contributed by atoms with E-state index in [1.165, 1.54) is 22.5 Å². The zero-order chi connectivity index (χ0) is 17.6. The number of aryl methyl sites for hydroxylation is 1. The number of aromatic amines is 1. The van der Waals surface area contributed by atoms with Crippen LogP contribution in [0.2, 0.25) is 0 Å². The van der Waals surface area contributed by atoms with Gasteiger partial charge in [-0.05, 0) is 19.4 Å². The van der Waals surface area contributed by atoms with Crippen molar-refractivity contribution in [2.75, 3.05) is 0 Å². The van der Waals surface area contributed by atoms with Gasteiger partial charge in [-0.3, -0.25) is 4.79 Å². The Morgan fingerprint density at radius 1 is 1.16 bits per heavy atom. The van der Waals surface area contributed by atoms with E-state index < -0.39 is 11.2 Å². The smallest absolute Gasteiger partial charge is 0.311 e. The van der Waals surface area contributed by atoms with Gasteiger partial charge in [-0.2, -0.15) is 14.3 Å². The highest BCUT2D eigenvalue weighted by Gasteiger charge is 2.27. The summed E-state index contributed by atoms with van der Waals surface area (Å²) in [6.07, 6.45) is 0. The first-order valence-electron chi connectivity index (χ1n) is 7.64. The Morgan fingerprint density at radius 3 is 2.64 bits per heavy atom. The van der Waals surface area contributed by atoms with Crippen molar-refractivity contribution in [3.63, 3.8) is 0 Å². The van der Waals surface area contributed by atoms with Crippen LogP contribution in [-0.2, 0) is 0 Å². The van der Waals surface area contributed by atoms with Gasteiger partial charge in [0.25, 0.3) is 11.5 Å². The van der Waals surface area contributed by atoms with Crippen LogP contribution in [-0.4, -0.2) is 35.4 Å². The maximum atomic E-state index is 12.3. The predicted molar refractivity (Wildman–Crippen MR) is 94.7 cm³/mol. The van der Waals surface area contributed by atoms with Crippen LogP contribution in [0.15, 0.2) is 56.2 Å². The number of nitrogens with zero attached hydrogens (tertiary/aromatic N) is 5. The van der Waals surface area contributed by atoms with Gasteiger partial charge in [0.05, 0.1) is 11.0 Å². The molecule has 126 valence electrons. The van der Waals surface area contributed by atoms with E-state index in [0.29, 0.717) is 10.9 Å². The Kier molecular flexibility index (Phi) is 3.65. The summed E-state index contributed by atoms with van der Waals surface area (Å²) in [6, 6.07) is 11.1. The molecule has 0 bridgehead atoms. The van der Waals surface area contributed by atoms with Crippen molar-refractivity contribution in [2.45, 2.75) is 24.3 Å². The van der Waals surface area contributed by atoms with E-state index in [0.717, 1.165) is 15.8 Å². The molecule has 1 unspecified atom stereocenters. The van der Waals surface area contributed by atoms with Crippen LogP contribution >= 0.6 is 11.8 Å². The normalized spacial score (nSPS) is 16.4. The van der Waals surface area contributed by atoms with Crippen LogP contribution in [0.25, 0.3) is 5.95 Å². The second kappa shape index (κ2) is 5.85. The van der Waals surface area contributed by atoms with Crippen molar-refractivity contribution in [1.82, 2.24) is 24.4 Å². The van der Waals surface area contributed by atoms with E-state index in [2.05, 4.69) is 20.3 Å². The van der Waals surface area contributed by atoms with Crippen molar-refractivity contribution in [2.24, 2.45) is 5.10 Å². The molecule has 1 aliphatic rings. The fraction of sp³-hybridized carbons (Fsp3) is 0.188. The van der Waals surface area contributed by atoms with Crippen LogP contribution in [0, 0.1) is 6.92 Å². The molecule has 2 aromatic heterocycles. The fourth-order valence-electron chi connectivity index (χ4n) is 2.66. The van der Waals surface area contributed by atoms with Gasteiger partial charge in [-0.25, -0.2) is 4.79 Å². The first kappa shape index (κ1) is 15.6. The molecule has 25 heavy (non-hydrogen) atoms. The minimum Gasteiger partial charge on any atom is -0.311 e. The second-order valence-corrected chi connectivity index (χ2v) is 6.94. The van der Waals surface area contributed by atoms with E-state index in [-0.39, 0.29) is 11.2 Å². The lowest BCUT2D eigenvalue weighted by Crippen LogP contribution is -2.36. The van der Waals surface area contributed by atoms with Gasteiger partial charge in [0.2, 0.25) is 5.16 Å².